The molecule has 0 N–H and O–H groups in total. The molecule has 5 nitrogen and oxygen atoms in total. The Kier molecular flexibility index (Phi) is 4.30. The molecule has 0 radical (unpaired) electrons. The Morgan fingerprint density at radius 1 is 1.20 bits per heavy atom. The molecule has 1 aromatic heterocycles. The summed E-state index contributed by atoms with van der Waals surface area (Å²) >= 11 is 11.8. The van der Waals surface area contributed by atoms with E-state index in [0.29, 0.717) is 12.1 Å². The van der Waals surface area contributed by atoms with E-state index in [9.17, 15) is 10.1 Å². The first-order valence-corrected chi connectivity index (χ1v) is 6.95. The molecule has 7 heteroatoms. The summed E-state index contributed by atoms with van der Waals surface area (Å²) in [5.74, 6) is 0. The SMILES string of the molecule is CCc1cc(CC)n(-c2cc(Cl)c(Cl)cc2[N+](=O)[O-])n1. The highest BCUT2D eigenvalue weighted by Crippen LogP contribution is 2.33. The first-order valence-electron chi connectivity index (χ1n) is 6.19. The molecular formula is C13H13Cl2N3O2. The third-order valence-corrected chi connectivity index (χ3v) is 3.72. The van der Waals surface area contributed by atoms with Gasteiger partial charge in [0, 0.05) is 11.8 Å². The molecule has 0 fully saturated rings. The minimum atomic E-state index is -0.482. The van der Waals surface area contributed by atoms with Crippen molar-refractivity contribution in [3.05, 3.63) is 49.7 Å². The highest BCUT2D eigenvalue weighted by Gasteiger charge is 2.21. The fraction of sp³-hybridized carbons (Fsp3) is 0.308. The molecule has 0 amide bonds. The van der Waals surface area contributed by atoms with Crippen LogP contribution in [0.4, 0.5) is 5.69 Å². The zero-order valence-corrected chi connectivity index (χ0v) is 12.6. The van der Waals surface area contributed by atoms with Gasteiger partial charge in [-0.25, -0.2) is 4.68 Å². The topological polar surface area (TPSA) is 61.0 Å². The normalized spacial score (nSPS) is 10.8. The Labute approximate surface area is 126 Å². The van der Waals surface area contributed by atoms with Gasteiger partial charge >= 0.3 is 0 Å². The summed E-state index contributed by atoms with van der Waals surface area (Å²) in [7, 11) is 0. The Morgan fingerprint density at radius 2 is 1.85 bits per heavy atom. The van der Waals surface area contributed by atoms with Crippen LogP contribution in [0.5, 0.6) is 0 Å². The number of nitro benzene ring substituents is 1. The maximum Gasteiger partial charge on any atom is 0.296 e. The molecule has 0 aliphatic heterocycles. The summed E-state index contributed by atoms with van der Waals surface area (Å²) in [5, 5.41) is 16.0. The van der Waals surface area contributed by atoms with Gasteiger partial charge in [-0.3, -0.25) is 10.1 Å². The maximum absolute atomic E-state index is 11.2. The molecule has 0 atom stereocenters. The quantitative estimate of drug-likeness (QED) is 0.627. The van der Waals surface area contributed by atoms with Crippen molar-refractivity contribution in [2.75, 3.05) is 0 Å². The third kappa shape index (κ3) is 2.64. The van der Waals surface area contributed by atoms with Crippen LogP contribution in [0.2, 0.25) is 10.0 Å². The molecule has 106 valence electrons. The minimum Gasteiger partial charge on any atom is -0.258 e. The fourth-order valence-corrected chi connectivity index (χ4v) is 2.27. The van der Waals surface area contributed by atoms with Crippen LogP contribution in [0.3, 0.4) is 0 Å². The van der Waals surface area contributed by atoms with E-state index in [0.717, 1.165) is 17.8 Å². The van der Waals surface area contributed by atoms with Crippen LogP contribution >= 0.6 is 23.2 Å². The van der Waals surface area contributed by atoms with Gasteiger partial charge in [0.05, 0.1) is 20.7 Å². The smallest absolute Gasteiger partial charge is 0.258 e. The lowest BCUT2D eigenvalue weighted by Gasteiger charge is -2.08. The summed E-state index contributed by atoms with van der Waals surface area (Å²) in [6.07, 6.45) is 1.47. The van der Waals surface area contributed by atoms with Crippen LogP contribution in [0.25, 0.3) is 5.69 Å². The monoisotopic (exact) mass is 313 g/mol. The second-order valence-electron chi connectivity index (χ2n) is 4.26. The van der Waals surface area contributed by atoms with E-state index in [1.165, 1.54) is 12.1 Å². The van der Waals surface area contributed by atoms with E-state index in [-0.39, 0.29) is 15.7 Å². The van der Waals surface area contributed by atoms with Crippen molar-refractivity contribution in [2.24, 2.45) is 0 Å². The van der Waals surface area contributed by atoms with Gasteiger partial charge in [-0.05, 0) is 25.0 Å². The molecular weight excluding hydrogens is 301 g/mol. The number of hydrogen-bond donors (Lipinski definition) is 0. The second-order valence-corrected chi connectivity index (χ2v) is 5.07. The van der Waals surface area contributed by atoms with E-state index in [1.54, 1.807) is 4.68 Å². The van der Waals surface area contributed by atoms with Crippen molar-refractivity contribution in [3.63, 3.8) is 0 Å². The Morgan fingerprint density at radius 3 is 2.40 bits per heavy atom. The highest BCUT2D eigenvalue weighted by atomic mass is 35.5. The summed E-state index contributed by atoms with van der Waals surface area (Å²) < 4.78 is 1.57. The zero-order chi connectivity index (χ0) is 14.9. The lowest BCUT2D eigenvalue weighted by atomic mass is 10.2. The van der Waals surface area contributed by atoms with Crippen LogP contribution in [0.15, 0.2) is 18.2 Å². The Bertz CT molecular complexity index is 668. The number of halogens is 2. The number of rotatable bonds is 4. The molecule has 1 aromatic carbocycles. The summed E-state index contributed by atoms with van der Waals surface area (Å²) in [6, 6.07) is 4.67. The van der Waals surface area contributed by atoms with Crippen LogP contribution in [0, 0.1) is 10.1 Å². The number of aryl methyl sites for hydroxylation is 2. The van der Waals surface area contributed by atoms with Gasteiger partial charge < -0.3 is 0 Å². The van der Waals surface area contributed by atoms with E-state index >= 15 is 0 Å². The fourth-order valence-electron chi connectivity index (χ4n) is 1.95. The van der Waals surface area contributed by atoms with Crippen molar-refractivity contribution in [1.82, 2.24) is 9.78 Å². The minimum absolute atomic E-state index is 0.111. The molecule has 1 heterocycles. The molecule has 0 saturated heterocycles. The molecule has 0 unspecified atom stereocenters. The molecule has 20 heavy (non-hydrogen) atoms. The third-order valence-electron chi connectivity index (χ3n) is 3.00. The van der Waals surface area contributed by atoms with Crippen LogP contribution in [0.1, 0.15) is 25.2 Å². The lowest BCUT2D eigenvalue weighted by molar-refractivity contribution is -0.384. The van der Waals surface area contributed by atoms with Crippen molar-refractivity contribution in [2.45, 2.75) is 26.7 Å². The van der Waals surface area contributed by atoms with Crippen molar-refractivity contribution < 1.29 is 4.92 Å². The summed E-state index contributed by atoms with van der Waals surface area (Å²) in [5.41, 5.74) is 1.99. The number of nitrogens with zero attached hydrogens (tertiary/aromatic N) is 3. The number of benzene rings is 1. The predicted molar refractivity (Wildman–Crippen MR) is 79.0 cm³/mol. The van der Waals surface area contributed by atoms with Crippen molar-refractivity contribution in [3.8, 4) is 5.69 Å². The maximum atomic E-state index is 11.2. The Hall–Kier alpha value is -1.59. The molecule has 0 aliphatic carbocycles. The largest absolute Gasteiger partial charge is 0.296 e. The molecule has 2 aromatic rings. The van der Waals surface area contributed by atoms with Crippen LogP contribution in [-0.4, -0.2) is 14.7 Å². The van der Waals surface area contributed by atoms with Gasteiger partial charge in [0.1, 0.15) is 5.69 Å². The molecule has 0 saturated carbocycles. The van der Waals surface area contributed by atoms with Crippen molar-refractivity contribution >= 4 is 28.9 Å². The first-order chi connectivity index (χ1) is 9.47. The van der Waals surface area contributed by atoms with Crippen LogP contribution < -0.4 is 0 Å². The summed E-state index contributed by atoms with van der Waals surface area (Å²) in [6.45, 7) is 3.95. The van der Waals surface area contributed by atoms with Gasteiger partial charge in [0.25, 0.3) is 5.69 Å². The van der Waals surface area contributed by atoms with E-state index in [4.69, 9.17) is 23.2 Å². The van der Waals surface area contributed by atoms with Gasteiger partial charge in [-0.1, -0.05) is 37.0 Å². The van der Waals surface area contributed by atoms with E-state index in [1.807, 2.05) is 19.9 Å². The summed E-state index contributed by atoms with van der Waals surface area (Å²) in [4.78, 5) is 10.7. The lowest BCUT2D eigenvalue weighted by Crippen LogP contribution is -2.05. The average molecular weight is 314 g/mol. The number of hydrogen-bond acceptors (Lipinski definition) is 3. The van der Waals surface area contributed by atoms with E-state index in [2.05, 4.69) is 5.10 Å². The molecule has 0 bridgehead atoms. The predicted octanol–water partition coefficient (Wildman–Crippen LogP) is 4.21. The first kappa shape index (κ1) is 14.8. The van der Waals surface area contributed by atoms with E-state index < -0.39 is 4.92 Å². The molecule has 2 rings (SSSR count). The molecule has 0 spiro atoms. The second kappa shape index (κ2) is 5.81. The molecule has 0 aliphatic rings. The average Bonchev–Trinajstić information content (AvgIpc) is 2.84. The van der Waals surface area contributed by atoms with Crippen LogP contribution in [-0.2, 0) is 12.8 Å². The number of aromatic nitrogens is 2. The van der Waals surface area contributed by atoms with Crippen molar-refractivity contribution in [1.29, 1.82) is 0 Å². The van der Waals surface area contributed by atoms with Gasteiger partial charge in [0.2, 0.25) is 0 Å². The highest BCUT2D eigenvalue weighted by molar-refractivity contribution is 6.42. The van der Waals surface area contributed by atoms with Gasteiger partial charge in [0.15, 0.2) is 0 Å². The zero-order valence-electron chi connectivity index (χ0n) is 11.1. The standard InChI is InChI=1S/C13H13Cl2N3O2/c1-3-8-5-9(4-2)17(16-8)12-6-10(14)11(15)7-13(12)18(19)20/h5-7H,3-4H2,1-2H3. The Balaban J connectivity index is 2.71. The van der Waals surface area contributed by atoms with Gasteiger partial charge in [-0.15, -0.1) is 0 Å². The van der Waals surface area contributed by atoms with Gasteiger partial charge in [-0.2, -0.15) is 5.10 Å². The number of nitro groups is 1.